The number of hydrogen-bond acceptors (Lipinski definition) is 4. The fraction of sp³-hybridized carbons (Fsp3) is 0.600. The summed E-state index contributed by atoms with van der Waals surface area (Å²) in [7, 11) is -3.83. The first kappa shape index (κ1) is 23.8. The molecule has 7 nitrogen and oxygen atoms in total. The van der Waals surface area contributed by atoms with E-state index in [4.69, 9.17) is 0 Å². The standard InChI is InChI=1S/C20H30BrN3O4S/c1-14(2)18(24-29(27,28)17-10-8-16(21)9-11-17)20(26)23-13-12-22-19(25)15-6-4-3-5-7-15/h8-11,14-15,18,24H,3-7,12-13H2,1-2H3,(H,22,25)(H,23,26)/t18-/m0/s1. The van der Waals surface area contributed by atoms with Crippen molar-refractivity contribution in [3.05, 3.63) is 28.7 Å². The Hall–Kier alpha value is -1.45. The molecule has 2 amide bonds. The molecule has 0 aliphatic heterocycles. The Labute approximate surface area is 181 Å². The van der Waals surface area contributed by atoms with Gasteiger partial charge in [0.1, 0.15) is 6.04 Å². The van der Waals surface area contributed by atoms with Crippen molar-refractivity contribution in [2.45, 2.75) is 56.9 Å². The largest absolute Gasteiger partial charge is 0.354 e. The number of nitrogens with one attached hydrogen (secondary N) is 3. The summed E-state index contributed by atoms with van der Waals surface area (Å²) in [5, 5.41) is 5.58. The SMILES string of the molecule is CC(C)[C@H](NS(=O)(=O)c1ccc(Br)cc1)C(=O)NCCNC(=O)C1CCCCC1. The highest BCUT2D eigenvalue weighted by atomic mass is 79.9. The van der Waals surface area contributed by atoms with Crippen molar-refractivity contribution >= 4 is 37.8 Å². The summed E-state index contributed by atoms with van der Waals surface area (Å²) in [4.78, 5) is 24.8. The zero-order valence-electron chi connectivity index (χ0n) is 16.9. The maximum atomic E-state index is 12.6. The monoisotopic (exact) mass is 487 g/mol. The third-order valence-corrected chi connectivity index (χ3v) is 7.04. The van der Waals surface area contributed by atoms with Crippen LogP contribution in [-0.4, -0.2) is 39.4 Å². The molecule has 162 valence electrons. The number of halogens is 1. The zero-order chi connectivity index (χ0) is 21.4. The molecule has 0 bridgehead atoms. The van der Waals surface area contributed by atoms with Gasteiger partial charge >= 0.3 is 0 Å². The van der Waals surface area contributed by atoms with Crippen LogP contribution in [0.25, 0.3) is 0 Å². The first-order valence-electron chi connectivity index (χ1n) is 10.0. The predicted molar refractivity (Wildman–Crippen MR) is 116 cm³/mol. The van der Waals surface area contributed by atoms with Gasteiger partial charge in [-0.2, -0.15) is 4.72 Å². The summed E-state index contributed by atoms with van der Waals surface area (Å²) in [5.74, 6) is -0.541. The Bertz CT molecular complexity index is 790. The number of carbonyl (C=O) groups excluding carboxylic acids is 2. The smallest absolute Gasteiger partial charge is 0.241 e. The fourth-order valence-corrected chi connectivity index (χ4v) is 4.94. The van der Waals surface area contributed by atoms with E-state index in [0.29, 0.717) is 6.54 Å². The van der Waals surface area contributed by atoms with Crippen LogP contribution < -0.4 is 15.4 Å². The molecular formula is C20H30BrN3O4S. The molecule has 1 aliphatic rings. The molecule has 1 atom stereocenters. The molecule has 0 heterocycles. The molecule has 0 unspecified atom stereocenters. The highest BCUT2D eigenvalue weighted by Gasteiger charge is 2.28. The molecule has 29 heavy (non-hydrogen) atoms. The van der Waals surface area contributed by atoms with Gasteiger partial charge in [-0.25, -0.2) is 8.42 Å². The Morgan fingerprint density at radius 3 is 2.21 bits per heavy atom. The lowest BCUT2D eigenvalue weighted by atomic mass is 9.89. The second-order valence-corrected chi connectivity index (χ2v) is 10.3. The molecule has 1 aliphatic carbocycles. The first-order valence-corrected chi connectivity index (χ1v) is 12.3. The third-order valence-electron chi connectivity index (χ3n) is 5.05. The van der Waals surface area contributed by atoms with E-state index in [-0.39, 0.29) is 29.2 Å². The van der Waals surface area contributed by atoms with Crippen LogP contribution in [0.5, 0.6) is 0 Å². The van der Waals surface area contributed by atoms with E-state index in [1.54, 1.807) is 26.0 Å². The van der Waals surface area contributed by atoms with Gasteiger partial charge in [0.2, 0.25) is 21.8 Å². The molecule has 0 spiro atoms. The van der Waals surface area contributed by atoms with Crippen LogP contribution >= 0.6 is 15.9 Å². The molecule has 1 aromatic carbocycles. The van der Waals surface area contributed by atoms with Crippen molar-refractivity contribution in [1.82, 2.24) is 15.4 Å². The van der Waals surface area contributed by atoms with Crippen LogP contribution in [0.3, 0.4) is 0 Å². The van der Waals surface area contributed by atoms with Crippen LogP contribution in [0.4, 0.5) is 0 Å². The lowest BCUT2D eigenvalue weighted by Crippen LogP contribution is -2.50. The van der Waals surface area contributed by atoms with E-state index >= 15 is 0 Å². The van der Waals surface area contributed by atoms with Crippen molar-refractivity contribution in [3.8, 4) is 0 Å². The number of amides is 2. The number of sulfonamides is 1. The molecule has 0 saturated heterocycles. The molecule has 1 aromatic rings. The molecule has 0 radical (unpaired) electrons. The summed E-state index contributed by atoms with van der Waals surface area (Å²) in [6.45, 7) is 4.13. The topological polar surface area (TPSA) is 104 Å². The lowest BCUT2D eigenvalue weighted by molar-refractivity contribution is -0.126. The van der Waals surface area contributed by atoms with Crippen molar-refractivity contribution in [3.63, 3.8) is 0 Å². The number of benzene rings is 1. The van der Waals surface area contributed by atoms with Gasteiger partial charge in [0, 0.05) is 23.5 Å². The Kier molecular flexibility index (Phi) is 9.10. The lowest BCUT2D eigenvalue weighted by Gasteiger charge is -2.22. The van der Waals surface area contributed by atoms with Crippen molar-refractivity contribution < 1.29 is 18.0 Å². The maximum Gasteiger partial charge on any atom is 0.241 e. The van der Waals surface area contributed by atoms with Crippen LogP contribution in [-0.2, 0) is 19.6 Å². The quantitative estimate of drug-likeness (QED) is 0.465. The highest BCUT2D eigenvalue weighted by Crippen LogP contribution is 2.23. The highest BCUT2D eigenvalue weighted by molar-refractivity contribution is 9.10. The van der Waals surface area contributed by atoms with Crippen LogP contribution in [0.2, 0.25) is 0 Å². The van der Waals surface area contributed by atoms with Gasteiger partial charge in [0.15, 0.2) is 0 Å². The van der Waals surface area contributed by atoms with Crippen LogP contribution in [0.1, 0.15) is 46.0 Å². The Morgan fingerprint density at radius 2 is 1.62 bits per heavy atom. The predicted octanol–water partition coefficient (Wildman–Crippen LogP) is 2.56. The maximum absolute atomic E-state index is 12.6. The average Bonchev–Trinajstić information content (AvgIpc) is 2.70. The van der Waals surface area contributed by atoms with Crippen molar-refractivity contribution in [1.29, 1.82) is 0 Å². The van der Waals surface area contributed by atoms with Gasteiger partial charge in [0.05, 0.1) is 4.90 Å². The fourth-order valence-electron chi connectivity index (χ4n) is 3.33. The molecule has 9 heteroatoms. The molecule has 0 aromatic heterocycles. The van der Waals surface area contributed by atoms with Gasteiger partial charge in [-0.1, -0.05) is 49.0 Å². The molecule has 3 N–H and O–H groups in total. The minimum Gasteiger partial charge on any atom is -0.354 e. The number of rotatable bonds is 9. The van der Waals surface area contributed by atoms with Crippen LogP contribution in [0, 0.1) is 11.8 Å². The van der Waals surface area contributed by atoms with E-state index in [0.717, 1.165) is 30.2 Å². The minimum atomic E-state index is -3.83. The van der Waals surface area contributed by atoms with Crippen LogP contribution in [0.15, 0.2) is 33.6 Å². The third kappa shape index (κ3) is 7.38. The van der Waals surface area contributed by atoms with E-state index in [1.807, 2.05) is 0 Å². The summed E-state index contributed by atoms with van der Waals surface area (Å²) >= 11 is 3.27. The normalized spacial score (nSPS) is 16.4. The second kappa shape index (κ2) is 11.1. The Balaban J connectivity index is 1.85. The van der Waals surface area contributed by atoms with Gasteiger partial charge in [0.25, 0.3) is 0 Å². The zero-order valence-corrected chi connectivity index (χ0v) is 19.3. The summed E-state index contributed by atoms with van der Waals surface area (Å²) in [6, 6.07) is 5.31. The van der Waals surface area contributed by atoms with E-state index in [2.05, 4.69) is 31.3 Å². The van der Waals surface area contributed by atoms with E-state index < -0.39 is 22.0 Å². The molecule has 2 rings (SSSR count). The molecule has 1 saturated carbocycles. The van der Waals surface area contributed by atoms with Gasteiger partial charge in [-0.3, -0.25) is 9.59 Å². The van der Waals surface area contributed by atoms with E-state index in [9.17, 15) is 18.0 Å². The van der Waals surface area contributed by atoms with Crippen molar-refractivity contribution in [2.24, 2.45) is 11.8 Å². The summed E-state index contributed by atoms with van der Waals surface area (Å²) < 4.78 is 28.4. The number of carbonyl (C=O) groups is 2. The van der Waals surface area contributed by atoms with Crippen molar-refractivity contribution in [2.75, 3.05) is 13.1 Å². The average molecular weight is 488 g/mol. The Morgan fingerprint density at radius 1 is 1.03 bits per heavy atom. The van der Waals surface area contributed by atoms with Gasteiger partial charge in [-0.05, 0) is 43.0 Å². The van der Waals surface area contributed by atoms with Gasteiger partial charge in [-0.15, -0.1) is 0 Å². The minimum absolute atomic E-state index is 0.0373. The second-order valence-electron chi connectivity index (χ2n) is 7.71. The summed E-state index contributed by atoms with van der Waals surface area (Å²) in [5.41, 5.74) is 0. The number of hydrogen-bond donors (Lipinski definition) is 3. The van der Waals surface area contributed by atoms with Gasteiger partial charge < -0.3 is 10.6 Å². The summed E-state index contributed by atoms with van der Waals surface area (Å²) in [6.07, 6.45) is 5.20. The van der Waals surface area contributed by atoms with E-state index in [1.165, 1.54) is 18.6 Å². The molecule has 1 fully saturated rings. The molecular weight excluding hydrogens is 458 g/mol. The first-order chi connectivity index (χ1) is 13.7.